The van der Waals surface area contributed by atoms with Crippen molar-refractivity contribution in [2.24, 2.45) is 0 Å². The van der Waals surface area contributed by atoms with Crippen LogP contribution < -0.4 is 16.2 Å². The van der Waals surface area contributed by atoms with Crippen molar-refractivity contribution in [3.63, 3.8) is 0 Å². The maximum atomic E-state index is 15.7. The third-order valence-electron chi connectivity index (χ3n) is 6.02. The average Bonchev–Trinajstić information content (AvgIpc) is 3.56. The molecule has 0 unspecified atom stereocenters. The Bertz CT molecular complexity index is 1750. The van der Waals surface area contributed by atoms with Crippen molar-refractivity contribution in [3.8, 4) is 11.5 Å². The fourth-order valence-corrected chi connectivity index (χ4v) is 4.27. The summed E-state index contributed by atoms with van der Waals surface area (Å²) in [6.45, 7) is -1.99. The topological polar surface area (TPSA) is 136 Å². The van der Waals surface area contributed by atoms with E-state index in [2.05, 4.69) is 30.8 Å². The number of hydrogen-bond donors (Lipinski definition) is 3. The third kappa shape index (κ3) is 4.02. The normalized spacial score (nSPS) is 14.6. The van der Waals surface area contributed by atoms with Gasteiger partial charge in [-0.25, -0.2) is 14.1 Å². The van der Waals surface area contributed by atoms with Crippen molar-refractivity contribution in [2.75, 3.05) is 17.2 Å². The molecule has 0 radical (unpaired) electrons. The van der Waals surface area contributed by atoms with Crippen LogP contribution in [0, 0.1) is 5.82 Å². The molecule has 2 aromatic carbocycles. The van der Waals surface area contributed by atoms with E-state index in [1.54, 1.807) is 41.1 Å². The average molecular weight is 503 g/mol. The smallest absolute Gasteiger partial charge is 0.274 e. The minimum atomic E-state index is -2.70. The van der Waals surface area contributed by atoms with E-state index < -0.39 is 18.4 Å². The number of hydrogen-bond acceptors (Lipinski definition) is 9. The predicted octanol–water partition coefficient (Wildman–Crippen LogP) is 3.24. The molecule has 0 spiro atoms. The van der Waals surface area contributed by atoms with E-state index >= 15 is 4.39 Å². The van der Waals surface area contributed by atoms with Crippen LogP contribution in [0.4, 0.5) is 21.8 Å². The Labute approximate surface area is 211 Å². The monoisotopic (exact) mass is 502 g/mol. The van der Waals surface area contributed by atoms with E-state index in [-0.39, 0.29) is 45.4 Å². The molecule has 37 heavy (non-hydrogen) atoms. The summed E-state index contributed by atoms with van der Waals surface area (Å²) in [4.78, 5) is 21.4. The number of fused-ring (bicyclic) bond motifs is 3. The van der Waals surface area contributed by atoms with Gasteiger partial charge in [-0.2, -0.15) is 4.98 Å². The number of nitrogens with one attached hydrogen (secondary N) is 2. The van der Waals surface area contributed by atoms with Crippen molar-refractivity contribution in [1.82, 2.24) is 29.5 Å². The van der Waals surface area contributed by atoms with Crippen LogP contribution in [0.3, 0.4) is 0 Å². The first kappa shape index (κ1) is 20.4. The lowest BCUT2D eigenvalue weighted by atomic mass is 10.1. The molecule has 4 heterocycles. The summed E-state index contributed by atoms with van der Waals surface area (Å²) in [5, 5.41) is 23.9. The highest BCUT2D eigenvalue weighted by Gasteiger charge is 2.22. The third-order valence-corrected chi connectivity index (χ3v) is 6.02. The summed E-state index contributed by atoms with van der Waals surface area (Å²) in [6.07, 6.45) is 6.18. The molecular formula is C25H21FN8O3. The van der Waals surface area contributed by atoms with E-state index in [0.717, 1.165) is 6.39 Å². The molecule has 5 aromatic rings. The van der Waals surface area contributed by atoms with E-state index in [9.17, 15) is 9.90 Å². The molecule has 1 aliphatic heterocycles. The first-order valence-corrected chi connectivity index (χ1v) is 11.3. The zero-order valence-corrected chi connectivity index (χ0v) is 19.2. The van der Waals surface area contributed by atoms with Gasteiger partial charge in [-0.15, -0.1) is 10.2 Å². The van der Waals surface area contributed by atoms with Crippen molar-refractivity contribution < 1.29 is 16.7 Å². The van der Waals surface area contributed by atoms with Gasteiger partial charge in [0.2, 0.25) is 12.3 Å². The van der Waals surface area contributed by atoms with Crippen LogP contribution in [0.1, 0.15) is 14.3 Å². The van der Waals surface area contributed by atoms with E-state index in [1.165, 1.54) is 16.9 Å². The molecule has 0 amide bonds. The van der Waals surface area contributed by atoms with Crippen LogP contribution in [-0.2, 0) is 13.1 Å². The molecule has 3 aromatic heterocycles. The van der Waals surface area contributed by atoms with Gasteiger partial charge in [-0.3, -0.25) is 9.48 Å². The molecule has 11 nitrogen and oxygen atoms in total. The summed E-state index contributed by atoms with van der Waals surface area (Å²) in [7, 11) is 0. The number of nitrogens with zero attached hydrogens (tertiary/aromatic N) is 6. The number of benzene rings is 2. The quantitative estimate of drug-likeness (QED) is 0.287. The minimum absolute atomic E-state index is 0.0338. The van der Waals surface area contributed by atoms with Crippen molar-refractivity contribution in [3.05, 3.63) is 88.9 Å². The van der Waals surface area contributed by atoms with Gasteiger partial charge in [-0.1, -0.05) is 42.5 Å². The molecular weight excluding hydrogens is 479 g/mol. The molecule has 3 N–H and O–H groups in total. The van der Waals surface area contributed by atoms with Crippen LogP contribution in [0.2, 0.25) is 0 Å². The van der Waals surface area contributed by atoms with Gasteiger partial charge in [0, 0.05) is 6.20 Å². The number of anilines is 3. The molecule has 0 bridgehead atoms. The number of aliphatic hydroxyl groups is 1. The summed E-state index contributed by atoms with van der Waals surface area (Å²) in [5.41, 5.74) is 0.596. The van der Waals surface area contributed by atoms with Crippen molar-refractivity contribution in [1.29, 1.82) is 0 Å². The predicted molar refractivity (Wildman–Crippen MR) is 134 cm³/mol. The molecule has 1 aliphatic rings. The molecule has 6 rings (SSSR count). The Balaban J connectivity index is 1.41. The molecule has 0 aliphatic carbocycles. The maximum Gasteiger partial charge on any atom is 0.274 e. The first-order chi connectivity index (χ1) is 18.8. The Morgan fingerprint density at radius 3 is 2.73 bits per heavy atom. The van der Waals surface area contributed by atoms with E-state index in [1.807, 2.05) is 12.2 Å². The zero-order chi connectivity index (χ0) is 27.1. The van der Waals surface area contributed by atoms with Gasteiger partial charge in [-0.05, 0) is 17.7 Å². The SMILES string of the molecule is [2H]C([2H])(O)[C@@H](Nc1nc(Nc2ccc3c(=O)n4n(c3c2F)CC=CC4)ncc1-c1nnco1)c1ccccc1. The Morgan fingerprint density at radius 2 is 1.97 bits per heavy atom. The van der Waals surface area contributed by atoms with E-state index in [4.69, 9.17) is 7.16 Å². The van der Waals surface area contributed by atoms with Gasteiger partial charge in [0.1, 0.15) is 11.3 Å². The van der Waals surface area contributed by atoms with Crippen molar-refractivity contribution >= 4 is 28.4 Å². The van der Waals surface area contributed by atoms with Gasteiger partial charge in [0.15, 0.2) is 5.82 Å². The molecule has 12 heteroatoms. The molecule has 1 atom stereocenters. The Hall–Kier alpha value is -4.84. The fourth-order valence-electron chi connectivity index (χ4n) is 4.27. The van der Waals surface area contributed by atoms with Gasteiger partial charge in [0.05, 0.1) is 45.1 Å². The minimum Gasteiger partial charge on any atom is -0.423 e. The lowest BCUT2D eigenvalue weighted by Gasteiger charge is -2.19. The largest absolute Gasteiger partial charge is 0.423 e. The van der Waals surface area contributed by atoms with Crippen LogP contribution >= 0.6 is 0 Å². The Morgan fingerprint density at radius 1 is 1.16 bits per heavy atom. The van der Waals surface area contributed by atoms with Gasteiger partial charge in [0.25, 0.3) is 11.4 Å². The molecule has 0 saturated carbocycles. The summed E-state index contributed by atoms with van der Waals surface area (Å²) in [5.74, 6) is -0.585. The van der Waals surface area contributed by atoms with Gasteiger partial charge >= 0.3 is 0 Å². The number of rotatable bonds is 7. The zero-order valence-electron chi connectivity index (χ0n) is 21.2. The second-order valence-corrected chi connectivity index (χ2v) is 8.21. The molecule has 0 saturated heterocycles. The van der Waals surface area contributed by atoms with Gasteiger partial charge < -0.3 is 20.2 Å². The van der Waals surface area contributed by atoms with Crippen LogP contribution in [0.25, 0.3) is 22.4 Å². The summed E-state index contributed by atoms with van der Waals surface area (Å²) < 4.78 is 40.1. The number of halogens is 1. The molecule has 186 valence electrons. The first-order valence-electron chi connectivity index (χ1n) is 12.3. The highest BCUT2D eigenvalue weighted by Crippen LogP contribution is 2.31. The highest BCUT2D eigenvalue weighted by molar-refractivity contribution is 5.84. The highest BCUT2D eigenvalue weighted by atomic mass is 19.1. The number of allylic oxidation sites excluding steroid dienone is 2. The summed E-state index contributed by atoms with van der Waals surface area (Å²) >= 11 is 0. The summed E-state index contributed by atoms with van der Waals surface area (Å²) in [6, 6.07) is 10.2. The van der Waals surface area contributed by atoms with Crippen LogP contribution in [-0.4, -0.2) is 41.2 Å². The lowest BCUT2D eigenvalue weighted by Crippen LogP contribution is -2.24. The second-order valence-electron chi connectivity index (χ2n) is 8.21. The standard InChI is InChI=1S/C25H21FN8O3/c26-20-18(9-8-16-21(20)33-10-4-5-11-34(33)24(16)36)30-25-27-12-17(23-32-28-14-37-23)22(31-25)29-19(13-35)15-6-2-1-3-7-15/h1-9,12,14,19,35H,10-11,13H2,(H2,27,29,30,31)/t19-/m1/s1/i13D2. The Kier molecular flexibility index (Phi) is 5.13. The molecule has 0 fully saturated rings. The van der Waals surface area contributed by atoms with Crippen LogP contribution in [0.15, 0.2) is 76.4 Å². The number of aromatic nitrogens is 6. The lowest BCUT2D eigenvalue weighted by molar-refractivity contribution is 0.276. The maximum absolute atomic E-state index is 15.7. The van der Waals surface area contributed by atoms with Crippen LogP contribution in [0.5, 0.6) is 0 Å². The van der Waals surface area contributed by atoms with Crippen molar-refractivity contribution in [2.45, 2.75) is 19.1 Å². The second kappa shape index (κ2) is 9.32. The fraction of sp³-hybridized carbons (Fsp3) is 0.160. The van der Waals surface area contributed by atoms with E-state index in [0.29, 0.717) is 18.7 Å².